The van der Waals surface area contributed by atoms with Crippen LogP contribution in [0.1, 0.15) is 10.8 Å². The van der Waals surface area contributed by atoms with Gasteiger partial charge in [-0.1, -0.05) is 42.5 Å². The maximum absolute atomic E-state index is 13.1. The average Bonchev–Trinajstić information content (AvgIpc) is 2.62. The Balaban J connectivity index is 2.06. The molecule has 0 amide bonds. The summed E-state index contributed by atoms with van der Waals surface area (Å²) in [6.45, 7) is 1.55. The van der Waals surface area contributed by atoms with Crippen molar-refractivity contribution in [2.75, 3.05) is 26.3 Å². The largest absolute Gasteiger partial charge is 0.480 e. The molecule has 1 saturated heterocycles. The number of rotatable bonds is 6. The van der Waals surface area contributed by atoms with E-state index in [1.54, 1.807) is 24.3 Å². The summed E-state index contributed by atoms with van der Waals surface area (Å²) in [6.07, 6.45) is 0. The molecular formula is C17H21N3O5S. The number of nitrogens with one attached hydrogen (secondary N) is 1. The van der Waals surface area contributed by atoms with Gasteiger partial charge in [-0.3, -0.25) is 4.79 Å². The lowest BCUT2D eigenvalue weighted by molar-refractivity contribution is -0.138. The van der Waals surface area contributed by atoms with Crippen LogP contribution < -0.4 is 10.6 Å². The van der Waals surface area contributed by atoms with Gasteiger partial charge < -0.3 is 15.6 Å². The normalized spacial score (nSPS) is 18.5. The van der Waals surface area contributed by atoms with E-state index in [0.717, 1.165) is 5.39 Å². The van der Waals surface area contributed by atoms with Crippen molar-refractivity contribution in [2.45, 2.75) is 11.3 Å². The molecule has 1 aliphatic heterocycles. The molecule has 2 unspecified atom stereocenters. The first kappa shape index (κ1) is 18.7. The van der Waals surface area contributed by atoms with E-state index in [-0.39, 0.29) is 0 Å². The highest BCUT2D eigenvalue weighted by Gasteiger charge is 2.39. The number of aliphatic carboxylic acids is 1. The summed E-state index contributed by atoms with van der Waals surface area (Å²) < 4.78 is 31.3. The molecule has 1 fully saturated rings. The van der Waals surface area contributed by atoms with Gasteiger partial charge in [-0.25, -0.2) is 13.4 Å². The van der Waals surface area contributed by atoms with Crippen molar-refractivity contribution >= 4 is 26.8 Å². The topological polar surface area (TPSA) is 122 Å². The van der Waals surface area contributed by atoms with Crippen molar-refractivity contribution < 1.29 is 23.1 Å². The molecule has 140 valence electrons. The van der Waals surface area contributed by atoms with Crippen molar-refractivity contribution in [1.29, 1.82) is 0 Å². The second kappa shape index (κ2) is 7.68. The monoisotopic (exact) mass is 379 g/mol. The Morgan fingerprint density at radius 3 is 2.50 bits per heavy atom. The molecule has 0 aromatic heterocycles. The number of sulfonamides is 1. The zero-order valence-corrected chi connectivity index (χ0v) is 14.9. The van der Waals surface area contributed by atoms with Crippen LogP contribution in [0.4, 0.5) is 0 Å². The van der Waals surface area contributed by atoms with E-state index in [0.29, 0.717) is 37.3 Å². The first-order valence-corrected chi connectivity index (χ1v) is 9.75. The molecule has 2 aromatic carbocycles. The Morgan fingerprint density at radius 2 is 1.81 bits per heavy atom. The summed E-state index contributed by atoms with van der Waals surface area (Å²) in [5.41, 5.74) is 6.17. The fourth-order valence-corrected chi connectivity index (χ4v) is 4.77. The van der Waals surface area contributed by atoms with Gasteiger partial charge in [0.15, 0.2) is 0 Å². The quantitative estimate of drug-likeness (QED) is 0.666. The summed E-state index contributed by atoms with van der Waals surface area (Å²) >= 11 is 0. The van der Waals surface area contributed by atoms with Crippen LogP contribution in [-0.2, 0) is 19.6 Å². The van der Waals surface area contributed by atoms with Gasteiger partial charge in [-0.2, -0.15) is 0 Å². The SMILES string of the molecule is NC(C(=O)O)C(c1cccc2ccccc12)S(=O)(=O)NN1CCOCC1. The minimum Gasteiger partial charge on any atom is -0.480 e. The molecule has 2 atom stereocenters. The number of hydrogen-bond donors (Lipinski definition) is 3. The smallest absolute Gasteiger partial charge is 0.322 e. The number of benzene rings is 2. The van der Waals surface area contributed by atoms with Crippen LogP contribution >= 0.6 is 0 Å². The summed E-state index contributed by atoms with van der Waals surface area (Å²) in [6, 6.07) is 10.7. The molecule has 0 aliphatic carbocycles. The molecule has 0 radical (unpaired) electrons. The van der Waals surface area contributed by atoms with Crippen molar-refractivity contribution in [3.8, 4) is 0 Å². The molecule has 9 heteroatoms. The van der Waals surface area contributed by atoms with Crippen molar-refractivity contribution in [1.82, 2.24) is 9.84 Å². The van der Waals surface area contributed by atoms with Crippen molar-refractivity contribution in [2.24, 2.45) is 5.73 Å². The van der Waals surface area contributed by atoms with E-state index in [4.69, 9.17) is 10.5 Å². The highest BCUT2D eigenvalue weighted by Crippen LogP contribution is 2.31. The molecule has 0 saturated carbocycles. The zero-order valence-electron chi connectivity index (χ0n) is 14.0. The van der Waals surface area contributed by atoms with Gasteiger partial charge in [-0.15, -0.1) is 4.83 Å². The van der Waals surface area contributed by atoms with Gasteiger partial charge in [0, 0.05) is 13.1 Å². The Labute approximate surface area is 151 Å². The molecule has 26 heavy (non-hydrogen) atoms. The van der Waals surface area contributed by atoms with Gasteiger partial charge in [0.2, 0.25) is 10.0 Å². The predicted molar refractivity (Wildman–Crippen MR) is 96.7 cm³/mol. The van der Waals surface area contributed by atoms with E-state index in [1.807, 2.05) is 18.2 Å². The highest BCUT2D eigenvalue weighted by atomic mass is 32.2. The summed E-state index contributed by atoms with van der Waals surface area (Å²) in [5, 5.41) is 10.9. The Bertz CT molecular complexity index is 891. The number of nitrogens with zero attached hydrogens (tertiary/aromatic N) is 1. The third kappa shape index (κ3) is 3.87. The number of nitrogens with two attached hydrogens (primary N) is 1. The molecule has 3 rings (SSSR count). The van der Waals surface area contributed by atoms with E-state index < -0.39 is 27.3 Å². The molecule has 0 spiro atoms. The summed E-state index contributed by atoms with van der Waals surface area (Å²) in [4.78, 5) is 14.0. The second-order valence-corrected chi connectivity index (χ2v) is 7.87. The molecular weight excluding hydrogens is 358 g/mol. The van der Waals surface area contributed by atoms with Gasteiger partial charge in [0.25, 0.3) is 0 Å². The number of fused-ring (bicyclic) bond motifs is 1. The molecule has 8 nitrogen and oxygen atoms in total. The minimum absolute atomic E-state index is 0.360. The summed E-state index contributed by atoms with van der Waals surface area (Å²) in [5.74, 6) is -1.38. The number of hydrazine groups is 1. The number of carbonyl (C=O) groups is 1. The van der Waals surface area contributed by atoms with Crippen LogP contribution in [-0.4, -0.2) is 56.8 Å². The van der Waals surface area contributed by atoms with Crippen LogP contribution in [0.25, 0.3) is 10.8 Å². The lowest BCUT2D eigenvalue weighted by Gasteiger charge is -2.30. The van der Waals surface area contributed by atoms with Crippen LogP contribution in [0, 0.1) is 0 Å². The van der Waals surface area contributed by atoms with Gasteiger partial charge in [0.1, 0.15) is 11.3 Å². The number of ether oxygens (including phenoxy) is 1. The van der Waals surface area contributed by atoms with Crippen molar-refractivity contribution in [3.63, 3.8) is 0 Å². The zero-order chi connectivity index (χ0) is 18.7. The first-order chi connectivity index (χ1) is 12.4. The highest BCUT2D eigenvalue weighted by molar-refractivity contribution is 7.89. The van der Waals surface area contributed by atoms with E-state index in [1.165, 1.54) is 5.01 Å². The van der Waals surface area contributed by atoms with Crippen LogP contribution in [0.2, 0.25) is 0 Å². The Kier molecular flexibility index (Phi) is 5.54. The maximum Gasteiger partial charge on any atom is 0.322 e. The predicted octanol–water partition coefficient (Wildman–Crippen LogP) is 0.459. The number of carboxylic acid groups (broad SMARTS) is 1. The number of morpholine rings is 1. The second-order valence-electron chi connectivity index (χ2n) is 6.09. The maximum atomic E-state index is 13.1. The molecule has 4 N–H and O–H groups in total. The first-order valence-electron chi connectivity index (χ1n) is 8.20. The Hall–Kier alpha value is -2.04. The standard InChI is InChI=1S/C17H21N3O5S/c18-15(17(21)22)16(26(23,24)19-20-8-10-25-11-9-20)14-7-3-5-12-4-1-2-6-13(12)14/h1-7,15-16,19H,8-11,18H2,(H,21,22). The lowest BCUT2D eigenvalue weighted by atomic mass is 9.98. The van der Waals surface area contributed by atoms with Gasteiger partial charge in [-0.05, 0) is 16.3 Å². The summed E-state index contributed by atoms with van der Waals surface area (Å²) in [7, 11) is -4.10. The van der Waals surface area contributed by atoms with Gasteiger partial charge in [0.05, 0.1) is 13.2 Å². The number of carboxylic acids is 1. The van der Waals surface area contributed by atoms with E-state index in [9.17, 15) is 18.3 Å². The van der Waals surface area contributed by atoms with Crippen molar-refractivity contribution in [3.05, 3.63) is 48.0 Å². The van der Waals surface area contributed by atoms with Crippen LogP contribution in [0.15, 0.2) is 42.5 Å². The van der Waals surface area contributed by atoms with E-state index >= 15 is 0 Å². The molecule has 0 bridgehead atoms. The van der Waals surface area contributed by atoms with Crippen LogP contribution in [0.5, 0.6) is 0 Å². The number of hydrogen-bond acceptors (Lipinski definition) is 6. The molecule has 1 heterocycles. The average molecular weight is 379 g/mol. The van der Waals surface area contributed by atoms with Crippen LogP contribution in [0.3, 0.4) is 0 Å². The third-order valence-corrected chi connectivity index (χ3v) is 6.07. The lowest BCUT2D eigenvalue weighted by Crippen LogP contribution is -2.52. The van der Waals surface area contributed by atoms with E-state index in [2.05, 4.69) is 4.83 Å². The minimum atomic E-state index is -4.10. The van der Waals surface area contributed by atoms with Gasteiger partial charge >= 0.3 is 5.97 Å². The molecule has 1 aliphatic rings. The fourth-order valence-electron chi connectivity index (χ4n) is 3.07. The Morgan fingerprint density at radius 1 is 1.15 bits per heavy atom. The fraction of sp³-hybridized carbons (Fsp3) is 0.353. The molecule has 2 aromatic rings. The third-order valence-electron chi connectivity index (χ3n) is 4.34.